The first kappa shape index (κ1) is 13.2. The fourth-order valence-corrected chi connectivity index (χ4v) is 3.04. The Labute approximate surface area is 120 Å². The molecule has 104 valence electrons. The van der Waals surface area contributed by atoms with Crippen LogP contribution in [0.2, 0.25) is 0 Å². The van der Waals surface area contributed by atoms with Gasteiger partial charge in [-0.1, -0.05) is 42.5 Å². The number of piperidine rings is 1. The average Bonchev–Trinajstić information content (AvgIpc) is 2.56. The molecule has 2 nitrogen and oxygen atoms in total. The number of hydrogen-bond acceptors (Lipinski definition) is 2. The third kappa shape index (κ3) is 2.86. The van der Waals surface area contributed by atoms with Crippen molar-refractivity contribution in [1.29, 1.82) is 0 Å². The molecule has 1 aliphatic rings. The first-order valence-corrected chi connectivity index (χ1v) is 7.29. The largest absolute Gasteiger partial charge is 0.497 e. The van der Waals surface area contributed by atoms with Crippen LogP contribution in [0.1, 0.15) is 35.9 Å². The van der Waals surface area contributed by atoms with Crippen molar-refractivity contribution in [1.82, 2.24) is 5.32 Å². The summed E-state index contributed by atoms with van der Waals surface area (Å²) >= 11 is 0. The lowest BCUT2D eigenvalue weighted by Crippen LogP contribution is -2.30. The fraction of sp³-hybridized carbons (Fsp3) is 0.333. The van der Waals surface area contributed by atoms with Crippen LogP contribution >= 0.6 is 0 Å². The van der Waals surface area contributed by atoms with Crippen molar-refractivity contribution in [2.75, 3.05) is 13.7 Å². The Hall–Kier alpha value is -1.80. The summed E-state index contributed by atoms with van der Waals surface area (Å²) in [6, 6.07) is 19.7. The topological polar surface area (TPSA) is 21.3 Å². The second-order valence-electron chi connectivity index (χ2n) is 5.41. The second-order valence-corrected chi connectivity index (χ2v) is 5.41. The summed E-state index contributed by atoms with van der Waals surface area (Å²) in [7, 11) is 1.71. The Kier molecular flexibility index (Phi) is 4.03. The Morgan fingerprint density at radius 3 is 2.40 bits per heavy atom. The molecule has 0 aliphatic carbocycles. The Morgan fingerprint density at radius 2 is 1.70 bits per heavy atom. The van der Waals surface area contributed by atoms with E-state index in [9.17, 15) is 0 Å². The normalized spacial score (nSPS) is 22.4. The summed E-state index contributed by atoms with van der Waals surface area (Å²) in [5.74, 6) is 1.58. The smallest absolute Gasteiger partial charge is 0.118 e. The second kappa shape index (κ2) is 6.10. The molecule has 0 bridgehead atoms. The van der Waals surface area contributed by atoms with E-state index in [1.807, 2.05) is 12.1 Å². The van der Waals surface area contributed by atoms with Crippen LogP contribution in [0.5, 0.6) is 5.75 Å². The van der Waals surface area contributed by atoms with Crippen molar-refractivity contribution in [2.24, 2.45) is 0 Å². The van der Waals surface area contributed by atoms with Crippen LogP contribution in [0.3, 0.4) is 0 Å². The predicted molar refractivity (Wildman–Crippen MR) is 82.2 cm³/mol. The molecule has 0 aromatic heterocycles. The standard InChI is InChI=1S/C18H21NO/c1-20-17-9-7-15(8-10-17)18-13-16(11-12-19-18)14-5-3-2-4-6-14/h2-10,16,18-19H,11-13H2,1H3/t16-,18+/m0/s1. The molecular weight excluding hydrogens is 246 g/mol. The van der Waals surface area contributed by atoms with Crippen molar-refractivity contribution in [3.8, 4) is 5.75 Å². The van der Waals surface area contributed by atoms with Crippen LogP contribution in [0.4, 0.5) is 0 Å². The summed E-state index contributed by atoms with van der Waals surface area (Å²) in [5.41, 5.74) is 2.82. The molecule has 0 unspecified atom stereocenters. The third-order valence-corrected chi connectivity index (χ3v) is 4.19. The first-order chi connectivity index (χ1) is 9.86. The molecule has 0 radical (unpaired) electrons. The van der Waals surface area contributed by atoms with Crippen molar-refractivity contribution >= 4 is 0 Å². The van der Waals surface area contributed by atoms with E-state index >= 15 is 0 Å². The summed E-state index contributed by atoms with van der Waals surface area (Å²) in [6.45, 7) is 1.08. The quantitative estimate of drug-likeness (QED) is 0.910. The molecule has 1 saturated heterocycles. The summed E-state index contributed by atoms with van der Waals surface area (Å²) < 4.78 is 5.23. The summed E-state index contributed by atoms with van der Waals surface area (Å²) in [4.78, 5) is 0. The van der Waals surface area contributed by atoms with Gasteiger partial charge in [-0.25, -0.2) is 0 Å². The van der Waals surface area contributed by atoms with Crippen LogP contribution in [0.15, 0.2) is 54.6 Å². The van der Waals surface area contributed by atoms with E-state index in [1.54, 1.807) is 7.11 Å². The molecule has 1 N–H and O–H groups in total. The average molecular weight is 267 g/mol. The van der Waals surface area contributed by atoms with E-state index in [0.717, 1.165) is 18.7 Å². The van der Waals surface area contributed by atoms with Gasteiger partial charge in [-0.2, -0.15) is 0 Å². The minimum Gasteiger partial charge on any atom is -0.497 e. The highest BCUT2D eigenvalue weighted by Crippen LogP contribution is 2.34. The van der Waals surface area contributed by atoms with Crippen molar-refractivity contribution < 1.29 is 4.74 Å². The van der Waals surface area contributed by atoms with Gasteiger partial charge in [0.1, 0.15) is 5.75 Å². The van der Waals surface area contributed by atoms with Crippen LogP contribution in [-0.4, -0.2) is 13.7 Å². The van der Waals surface area contributed by atoms with Gasteiger partial charge >= 0.3 is 0 Å². The predicted octanol–water partition coefficient (Wildman–Crippen LogP) is 3.90. The lowest BCUT2D eigenvalue weighted by atomic mass is 9.84. The van der Waals surface area contributed by atoms with E-state index < -0.39 is 0 Å². The fourth-order valence-electron chi connectivity index (χ4n) is 3.04. The third-order valence-electron chi connectivity index (χ3n) is 4.19. The van der Waals surface area contributed by atoms with Crippen LogP contribution < -0.4 is 10.1 Å². The molecular formula is C18H21NO. The van der Waals surface area contributed by atoms with Crippen molar-refractivity contribution in [2.45, 2.75) is 24.8 Å². The highest BCUT2D eigenvalue weighted by atomic mass is 16.5. The molecule has 1 heterocycles. The van der Waals surface area contributed by atoms with E-state index in [0.29, 0.717) is 12.0 Å². The number of methoxy groups -OCH3 is 1. The molecule has 0 saturated carbocycles. The van der Waals surface area contributed by atoms with Crippen LogP contribution in [-0.2, 0) is 0 Å². The van der Waals surface area contributed by atoms with Gasteiger partial charge in [0.2, 0.25) is 0 Å². The first-order valence-electron chi connectivity index (χ1n) is 7.29. The van der Waals surface area contributed by atoms with Gasteiger partial charge < -0.3 is 10.1 Å². The molecule has 1 aliphatic heterocycles. The number of hydrogen-bond donors (Lipinski definition) is 1. The SMILES string of the molecule is COc1ccc([C@H]2C[C@@H](c3ccccc3)CCN2)cc1. The molecule has 1 fully saturated rings. The molecule has 0 amide bonds. The van der Waals surface area contributed by atoms with Gasteiger partial charge in [0.15, 0.2) is 0 Å². The van der Waals surface area contributed by atoms with Gasteiger partial charge in [0.25, 0.3) is 0 Å². The van der Waals surface area contributed by atoms with Crippen LogP contribution in [0.25, 0.3) is 0 Å². The molecule has 3 rings (SSSR count). The van der Waals surface area contributed by atoms with E-state index in [1.165, 1.54) is 17.5 Å². The summed E-state index contributed by atoms with van der Waals surface area (Å²) in [6.07, 6.45) is 2.38. The molecule has 2 aromatic rings. The van der Waals surface area contributed by atoms with E-state index in [2.05, 4.69) is 47.8 Å². The zero-order valence-electron chi connectivity index (χ0n) is 11.9. The number of benzene rings is 2. The Morgan fingerprint density at radius 1 is 0.950 bits per heavy atom. The molecule has 2 heteroatoms. The number of ether oxygens (including phenoxy) is 1. The minimum absolute atomic E-state index is 0.444. The van der Waals surface area contributed by atoms with E-state index in [4.69, 9.17) is 4.74 Å². The highest BCUT2D eigenvalue weighted by molar-refractivity contribution is 5.30. The monoisotopic (exact) mass is 267 g/mol. The molecule has 20 heavy (non-hydrogen) atoms. The maximum Gasteiger partial charge on any atom is 0.118 e. The number of rotatable bonds is 3. The van der Waals surface area contributed by atoms with Crippen molar-refractivity contribution in [3.05, 3.63) is 65.7 Å². The van der Waals surface area contributed by atoms with Gasteiger partial charge in [-0.05, 0) is 48.6 Å². The van der Waals surface area contributed by atoms with Crippen molar-refractivity contribution in [3.63, 3.8) is 0 Å². The Balaban J connectivity index is 1.74. The molecule has 2 atom stereocenters. The van der Waals surface area contributed by atoms with Crippen LogP contribution in [0, 0.1) is 0 Å². The zero-order valence-corrected chi connectivity index (χ0v) is 11.9. The summed E-state index contributed by atoms with van der Waals surface area (Å²) in [5, 5.41) is 3.63. The zero-order chi connectivity index (χ0) is 13.8. The molecule has 2 aromatic carbocycles. The maximum absolute atomic E-state index is 5.23. The Bertz CT molecular complexity index is 535. The van der Waals surface area contributed by atoms with E-state index in [-0.39, 0.29) is 0 Å². The van der Waals surface area contributed by atoms with Gasteiger partial charge in [0.05, 0.1) is 7.11 Å². The lowest BCUT2D eigenvalue weighted by molar-refractivity contribution is 0.369. The molecule has 0 spiro atoms. The number of nitrogens with one attached hydrogen (secondary N) is 1. The van der Waals surface area contributed by atoms with Gasteiger partial charge in [-0.3, -0.25) is 0 Å². The maximum atomic E-state index is 5.23. The highest BCUT2D eigenvalue weighted by Gasteiger charge is 2.23. The minimum atomic E-state index is 0.444. The van der Waals surface area contributed by atoms with Gasteiger partial charge in [0, 0.05) is 6.04 Å². The lowest BCUT2D eigenvalue weighted by Gasteiger charge is -2.31. The van der Waals surface area contributed by atoms with Gasteiger partial charge in [-0.15, -0.1) is 0 Å².